The third-order valence-electron chi connectivity index (χ3n) is 8.36. The van der Waals surface area contributed by atoms with Crippen molar-refractivity contribution < 1.29 is 5.11 Å². The lowest BCUT2D eigenvalue weighted by Gasteiger charge is -2.30. The number of aryl methyl sites for hydroxylation is 2. The molecule has 2 heterocycles. The molecule has 5 nitrogen and oxygen atoms in total. The zero-order valence-electron chi connectivity index (χ0n) is 27.3. The number of rotatable bonds is 14. The lowest BCUT2D eigenvalue weighted by Crippen LogP contribution is -2.31. The Morgan fingerprint density at radius 1 is 1.04 bits per heavy atom. The Hall–Kier alpha value is -4.23. The maximum atomic E-state index is 12.6. The van der Waals surface area contributed by atoms with Crippen LogP contribution in [0.3, 0.4) is 0 Å². The first-order valence-corrected chi connectivity index (χ1v) is 17.0. The van der Waals surface area contributed by atoms with E-state index in [0.717, 1.165) is 68.9 Å². The predicted octanol–water partition coefficient (Wildman–Crippen LogP) is 8.51. The number of benzene rings is 3. The van der Waals surface area contributed by atoms with Gasteiger partial charge in [-0.3, -0.25) is 4.98 Å². The van der Waals surface area contributed by atoms with Gasteiger partial charge < -0.3 is 15.0 Å². The first-order chi connectivity index (χ1) is 22.3. The molecule has 0 radical (unpaired) electrons. The molecule has 0 aliphatic heterocycles. The average molecular weight is 629 g/mol. The number of aromatic nitrogens is 3. The number of allylic oxidation sites excluding steroid dienone is 5. The minimum Gasteiger partial charge on any atom is -0.374 e. The molecule has 0 aliphatic rings. The standard InChI is InChI=1S/C40H44N4OS/c1-6-29(2)11-10-12-31(4)36-24-35(25-41-21-22-46-27-32-13-8-7-9-14-32)43-38-20-19-34(23-37(36)38)40(45,39-26-42-28-44(39)5)33-17-15-30(3)16-18-33/h7-20,23-24,26,28,41,45H,4,6,21-22,25,27H2,1-3,5H3/b12-10-,29-11-. The third kappa shape index (κ3) is 7.76. The maximum Gasteiger partial charge on any atom is 0.156 e. The van der Waals surface area contributed by atoms with Gasteiger partial charge in [0.25, 0.3) is 0 Å². The van der Waals surface area contributed by atoms with Crippen molar-refractivity contribution in [3.8, 4) is 0 Å². The highest BCUT2D eigenvalue weighted by molar-refractivity contribution is 7.98. The Labute approximate surface area is 277 Å². The van der Waals surface area contributed by atoms with E-state index in [4.69, 9.17) is 4.98 Å². The first-order valence-electron chi connectivity index (χ1n) is 15.9. The normalized spacial score (nSPS) is 13.4. The van der Waals surface area contributed by atoms with E-state index in [1.807, 2.05) is 66.7 Å². The van der Waals surface area contributed by atoms with Crippen LogP contribution < -0.4 is 5.32 Å². The maximum absolute atomic E-state index is 12.6. The van der Waals surface area contributed by atoms with Crippen LogP contribution in [0.15, 0.2) is 122 Å². The molecule has 0 bridgehead atoms. The molecular weight excluding hydrogens is 585 g/mol. The van der Waals surface area contributed by atoms with Gasteiger partial charge >= 0.3 is 0 Å². The Balaban J connectivity index is 1.48. The van der Waals surface area contributed by atoms with Crippen molar-refractivity contribution in [2.24, 2.45) is 7.05 Å². The summed E-state index contributed by atoms with van der Waals surface area (Å²) in [5, 5.41) is 17.1. The van der Waals surface area contributed by atoms with Crippen LogP contribution in [0.2, 0.25) is 0 Å². The molecule has 5 rings (SSSR count). The van der Waals surface area contributed by atoms with Gasteiger partial charge in [-0.15, -0.1) is 0 Å². The number of imidazole rings is 1. The molecule has 3 aromatic carbocycles. The van der Waals surface area contributed by atoms with Crippen molar-refractivity contribution in [1.82, 2.24) is 19.9 Å². The number of thioether (sulfide) groups is 1. The summed E-state index contributed by atoms with van der Waals surface area (Å²) in [5.74, 6) is 2.03. The van der Waals surface area contributed by atoms with Gasteiger partial charge in [0, 0.05) is 37.0 Å². The van der Waals surface area contributed by atoms with Crippen LogP contribution in [0.5, 0.6) is 0 Å². The van der Waals surface area contributed by atoms with Crippen LogP contribution >= 0.6 is 11.8 Å². The van der Waals surface area contributed by atoms with E-state index in [1.54, 1.807) is 12.5 Å². The molecular formula is C40H44N4OS. The van der Waals surface area contributed by atoms with Gasteiger partial charge in [0.2, 0.25) is 0 Å². The van der Waals surface area contributed by atoms with Gasteiger partial charge in [-0.2, -0.15) is 11.8 Å². The summed E-state index contributed by atoms with van der Waals surface area (Å²) in [6, 6.07) is 26.8. The monoisotopic (exact) mass is 628 g/mol. The van der Waals surface area contributed by atoms with E-state index in [9.17, 15) is 5.11 Å². The molecule has 5 aromatic rings. The molecule has 0 saturated carbocycles. The molecule has 6 heteroatoms. The number of pyridine rings is 1. The number of hydrogen-bond acceptors (Lipinski definition) is 5. The van der Waals surface area contributed by atoms with Crippen LogP contribution in [0, 0.1) is 6.92 Å². The summed E-state index contributed by atoms with van der Waals surface area (Å²) >= 11 is 1.93. The summed E-state index contributed by atoms with van der Waals surface area (Å²) in [6.07, 6.45) is 10.7. The second kappa shape index (κ2) is 15.4. The molecule has 236 valence electrons. The number of aliphatic hydroxyl groups is 1. The molecule has 2 N–H and O–H groups in total. The van der Waals surface area contributed by atoms with E-state index in [0.29, 0.717) is 12.2 Å². The van der Waals surface area contributed by atoms with Gasteiger partial charge in [-0.25, -0.2) is 4.98 Å². The van der Waals surface area contributed by atoms with E-state index in [1.165, 1.54) is 11.1 Å². The zero-order chi connectivity index (χ0) is 32.5. The molecule has 2 aromatic heterocycles. The summed E-state index contributed by atoms with van der Waals surface area (Å²) < 4.78 is 1.88. The largest absolute Gasteiger partial charge is 0.374 e. The lowest BCUT2D eigenvalue weighted by molar-refractivity contribution is 0.117. The summed E-state index contributed by atoms with van der Waals surface area (Å²) in [6.45, 7) is 12.4. The van der Waals surface area contributed by atoms with Gasteiger partial charge in [0.15, 0.2) is 5.60 Å². The topological polar surface area (TPSA) is 63.0 Å². The highest BCUT2D eigenvalue weighted by atomic mass is 32.2. The molecule has 46 heavy (non-hydrogen) atoms. The van der Waals surface area contributed by atoms with Crippen molar-refractivity contribution in [3.05, 3.63) is 161 Å². The fraction of sp³-hybridized carbons (Fsp3) is 0.250. The van der Waals surface area contributed by atoms with Crippen LogP contribution in [0.4, 0.5) is 0 Å². The second-order valence-electron chi connectivity index (χ2n) is 11.8. The molecule has 0 amide bonds. The highest BCUT2D eigenvalue weighted by Crippen LogP contribution is 2.39. The smallest absolute Gasteiger partial charge is 0.156 e. The minimum absolute atomic E-state index is 0.657. The van der Waals surface area contributed by atoms with Crippen LogP contribution in [0.25, 0.3) is 16.5 Å². The van der Waals surface area contributed by atoms with Crippen LogP contribution in [-0.2, 0) is 24.9 Å². The van der Waals surface area contributed by atoms with Crippen molar-refractivity contribution in [2.75, 3.05) is 12.3 Å². The lowest BCUT2D eigenvalue weighted by atomic mass is 9.82. The van der Waals surface area contributed by atoms with Gasteiger partial charge in [-0.1, -0.05) is 104 Å². The number of nitrogens with one attached hydrogen (secondary N) is 1. The molecule has 1 atom stereocenters. The molecule has 0 spiro atoms. The third-order valence-corrected chi connectivity index (χ3v) is 9.39. The fourth-order valence-electron chi connectivity index (χ4n) is 5.49. The Kier molecular flexibility index (Phi) is 11.1. The van der Waals surface area contributed by atoms with Crippen molar-refractivity contribution in [3.63, 3.8) is 0 Å². The Morgan fingerprint density at radius 2 is 1.80 bits per heavy atom. The van der Waals surface area contributed by atoms with E-state index in [-0.39, 0.29) is 0 Å². The molecule has 0 fully saturated rings. The van der Waals surface area contributed by atoms with Crippen LogP contribution in [0.1, 0.15) is 59.5 Å². The summed E-state index contributed by atoms with van der Waals surface area (Å²) in [5.41, 5.74) is 8.29. The second-order valence-corrected chi connectivity index (χ2v) is 12.9. The average Bonchev–Trinajstić information content (AvgIpc) is 3.52. The first kappa shape index (κ1) is 33.1. The molecule has 0 aliphatic carbocycles. The van der Waals surface area contributed by atoms with E-state index in [2.05, 4.69) is 91.4 Å². The predicted molar refractivity (Wildman–Crippen MR) is 195 cm³/mol. The van der Waals surface area contributed by atoms with Crippen molar-refractivity contribution in [1.29, 1.82) is 0 Å². The Morgan fingerprint density at radius 3 is 2.52 bits per heavy atom. The fourth-order valence-corrected chi connectivity index (χ4v) is 6.35. The van der Waals surface area contributed by atoms with Gasteiger partial charge in [0.05, 0.1) is 29.4 Å². The highest BCUT2D eigenvalue weighted by Gasteiger charge is 2.36. The quantitative estimate of drug-likeness (QED) is 0.0954. The van der Waals surface area contributed by atoms with E-state index >= 15 is 0 Å². The minimum atomic E-state index is -1.42. The number of nitrogens with zero attached hydrogens (tertiary/aromatic N) is 3. The van der Waals surface area contributed by atoms with Crippen LogP contribution in [-0.4, -0.2) is 31.9 Å². The van der Waals surface area contributed by atoms with Gasteiger partial charge in [0.1, 0.15) is 0 Å². The number of hydrogen-bond donors (Lipinski definition) is 2. The van der Waals surface area contributed by atoms with Crippen molar-refractivity contribution in [2.45, 2.75) is 45.1 Å². The summed E-state index contributed by atoms with van der Waals surface area (Å²) in [7, 11) is 1.91. The number of fused-ring (bicyclic) bond motifs is 1. The SMILES string of the molecule is C=C(/C=C\C=C(\C)CC)c1cc(CNCCSCc2ccccc2)nc2ccc(C(O)(c3ccc(C)cc3)c3cncn3C)cc12. The molecule has 0 saturated heterocycles. The van der Waals surface area contributed by atoms with Crippen molar-refractivity contribution >= 4 is 28.2 Å². The van der Waals surface area contributed by atoms with E-state index < -0.39 is 5.60 Å². The van der Waals surface area contributed by atoms with Gasteiger partial charge in [-0.05, 0) is 66.3 Å². The summed E-state index contributed by atoms with van der Waals surface area (Å²) in [4.78, 5) is 9.39. The molecule has 1 unspecified atom stereocenters. The zero-order valence-corrected chi connectivity index (χ0v) is 28.1. The Bertz CT molecular complexity index is 1840.